The molecule has 2 aromatic carbocycles. The number of carbonyl (C=O) groups is 1. The molecule has 0 saturated heterocycles. The van der Waals surface area contributed by atoms with Crippen molar-refractivity contribution in [1.29, 1.82) is 0 Å². The molecule has 20 heavy (non-hydrogen) atoms. The fourth-order valence-electron chi connectivity index (χ4n) is 1.89. The second kappa shape index (κ2) is 5.92. The topological polar surface area (TPSA) is 41.1 Å². The first kappa shape index (κ1) is 14.3. The first-order valence-electron chi connectivity index (χ1n) is 6.06. The van der Waals surface area contributed by atoms with E-state index in [0.717, 1.165) is 11.3 Å². The van der Waals surface area contributed by atoms with Gasteiger partial charge in [0, 0.05) is 18.3 Å². The van der Waals surface area contributed by atoms with Crippen LogP contribution in [0.15, 0.2) is 36.4 Å². The normalized spacial score (nSPS) is 10.2. The molecule has 5 heteroatoms. The smallest absolute Gasteiger partial charge is 0.255 e. The molecular formula is C15H14ClFN2O. The minimum absolute atomic E-state index is 0.00508. The van der Waals surface area contributed by atoms with Gasteiger partial charge in [0.2, 0.25) is 0 Å². The summed E-state index contributed by atoms with van der Waals surface area (Å²) in [6.07, 6.45) is 0. The Morgan fingerprint density at radius 2 is 2.00 bits per heavy atom. The number of anilines is 2. The van der Waals surface area contributed by atoms with E-state index < -0.39 is 11.7 Å². The third-order valence-corrected chi connectivity index (χ3v) is 3.27. The summed E-state index contributed by atoms with van der Waals surface area (Å²) in [6, 6.07) is 9.46. The van der Waals surface area contributed by atoms with Crippen molar-refractivity contribution in [3.05, 3.63) is 58.4 Å². The van der Waals surface area contributed by atoms with Crippen LogP contribution in [-0.4, -0.2) is 13.0 Å². The number of para-hydroxylation sites is 1. The van der Waals surface area contributed by atoms with Crippen LogP contribution in [0.3, 0.4) is 0 Å². The quantitative estimate of drug-likeness (QED) is 0.895. The molecule has 3 nitrogen and oxygen atoms in total. The molecule has 0 radical (unpaired) electrons. The van der Waals surface area contributed by atoms with Gasteiger partial charge in [-0.3, -0.25) is 4.79 Å². The summed E-state index contributed by atoms with van der Waals surface area (Å²) in [4.78, 5) is 12.1. The summed E-state index contributed by atoms with van der Waals surface area (Å²) < 4.78 is 13.6. The van der Waals surface area contributed by atoms with E-state index in [-0.39, 0.29) is 10.7 Å². The molecular weight excluding hydrogens is 279 g/mol. The fourth-order valence-corrected chi connectivity index (χ4v) is 2.10. The number of rotatable bonds is 3. The van der Waals surface area contributed by atoms with Crippen LogP contribution in [-0.2, 0) is 0 Å². The lowest BCUT2D eigenvalue weighted by Gasteiger charge is -2.10. The number of amides is 1. The highest BCUT2D eigenvalue weighted by atomic mass is 35.5. The Kier molecular flexibility index (Phi) is 4.25. The second-order valence-corrected chi connectivity index (χ2v) is 4.74. The van der Waals surface area contributed by atoms with E-state index in [4.69, 9.17) is 11.6 Å². The van der Waals surface area contributed by atoms with Crippen molar-refractivity contribution in [3.63, 3.8) is 0 Å². The van der Waals surface area contributed by atoms with Crippen molar-refractivity contribution in [2.45, 2.75) is 6.92 Å². The minimum atomic E-state index is -0.561. The molecule has 1 amide bonds. The highest BCUT2D eigenvalue weighted by molar-refractivity contribution is 6.34. The summed E-state index contributed by atoms with van der Waals surface area (Å²) in [7, 11) is 1.81. The Labute approximate surface area is 121 Å². The van der Waals surface area contributed by atoms with Gasteiger partial charge in [-0.1, -0.05) is 17.7 Å². The number of halogens is 2. The van der Waals surface area contributed by atoms with Gasteiger partial charge >= 0.3 is 0 Å². The Morgan fingerprint density at radius 1 is 1.25 bits per heavy atom. The molecule has 0 bridgehead atoms. The van der Waals surface area contributed by atoms with Gasteiger partial charge in [-0.05, 0) is 42.8 Å². The van der Waals surface area contributed by atoms with Gasteiger partial charge in [0.1, 0.15) is 5.82 Å². The number of benzene rings is 2. The van der Waals surface area contributed by atoms with Crippen LogP contribution in [0, 0.1) is 12.7 Å². The van der Waals surface area contributed by atoms with Gasteiger partial charge in [-0.25, -0.2) is 4.39 Å². The highest BCUT2D eigenvalue weighted by Gasteiger charge is 2.13. The molecule has 0 aromatic heterocycles. The van der Waals surface area contributed by atoms with Gasteiger partial charge in [0.05, 0.1) is 10.7 Å². The van der Waals surface area contributed by atoms with Crippen molar-refractivity contribution in [1.82, 2.24) is 0 Å². The molecule has 0 unspecified atom stereocenters. The average Bonchev–Trinajstić information content (AvgIpc) is 2.42. The lowest BCUT2D eigenvalue weighted by molar-refractivity contribution is 0.102. The average molecular weight is 293 g/mol. The molecule has 0 heterocycles. The largest absolute Gasteiger partial charge is 0.388 e. The molecule has 0 aliphatic carbocycles. The first-order valence-corrected chi connectivity index (χ1v) is 6.44. The number of nitrogens with one attached hydrogen (secondary N) is 2. The van der Waals surface area contributed by atoms with E-state index in [2.05, 4.69) is 10.6 Å². The van der Waals surface area contributed by atoms with Crippen LogP contribution in [0.5, 0.6) is 0 Å². The molecule has 0 aliphatic heterocycles. The van der Waals surface area contributed by atoms with E-state index in [0.29, 0.717) is 5.56 Å². The van der Waals surface area contributed by atoms with Crippen molar-refractivity contribution < 1.29 is 9.18 Å². The zero-order valence-corrected chi connectivity index (χ0v) is 11.9. The predicted molar refractivity (Wildman–Crippen MR) is 80.1 cm³/mol. The summed E-state index contributed by atoms with van der Waals surface area (Å²) in [5, 5.41) is 5.68. The molecule has 0 atom stereocenters. The minimum Gasteiger partial charge on any atom is -0.388 e. The Bertz CT molecular complexity index is 638. The van der Waals surface area contributed by atoms with Gasteiger partial charge in [0.25, 0.3) is 5.91 Å². The van der Waals surface area contributed by atoms with E-state index >= 15 is 0 Å². The second-order valence-electron chi connectivity index (χ2n) is 4.33. The zero-order valence-electron chi connectivity index (χ0n) is 11.1. The van der Waals surface area contributed by atoms with Crippen molar-refractivity contribution in [2.75, 3.05) is 17.7 Å². The van der Waals surface area contributed by atoms with Crippen molar-refractivity contribution in [2.24, 2.45) is 0 Å². The SMILES string of the molecule is CNc1ccc(C(=O)Nc2c(F)cccc2Cl)cc1C. The molecule has 0 saturated carbocycles. The van der Waals surface area contributed by atoms with Crippen LogP contribution >= 0.6 is 11.6 Å². The molecule has 2 aromatic rings. The molecule has 2 rings (SSSR count). The number of hydrogen-bond donors (Lipinski definition) is 2. The third-order valence-electron chi connectivity index (χ3n) is 2.96. The Morgan fingerprint density at radius 3 is 2.60 bits per heavy atom. The lowest BCUT2D eigenvalue weighted by atomic mass is 10.1. The molecule has 0 spiro atoms. The first-order chi connectivity index (χ1) is 9.52. The van der Waals surface area contributed by atoms with Gasteiger partial charge in [-0.15, -0.1) is 0 Å². The molecule has 0 aliphatic rings. The zero-order chi connectivity index (χ0) is 14.7. The summed E-state index contributed by atoms with van der Waals surface area (Å²) in [5.41, 5.74) is 2.31. The maximum Gasteiger partial charge on any atom is 0.255 e. The fraction of sp³-hybridized carbons (Fsp3) is 0.133. The van der Waals surface area contributed by atoms with Crippen LogP contribution in [0.1, 0.15) is 15.9 Å². The highest BCUT2D eigenvalue weighted by Crippen LogP contribution is 2.25. The summed E-state index contributed by atoms with van der Waals surface area (Å²) in [6.45, 7) is 1.89. The number of aryl methyl sites for hydroxylation is 1. The van der Waals surface area contributed by atoms with E-state index in [1.54, 1.807) is 25.2 Å². The maximum absolute atomic E-state index is 13.6. The van der Waals surface area contributed by atoms with Gasteiger partial charge in [-0.2, -0.15) is 0 Å². The number of hydrogen-bond acceptors (Lipinski definition) is 2. The summed E-state index contributed by atoms with van der Waals surface area (Å²) >= 11 is 5.88. The number of carbonyl (C=O) groups excluding carboxylic acids is 1. The molecule has 104 valence electrons. The van der Waals surface area contributed by atoms with Crippen LogP contribution in [0.25, 0.3) is 0 Å². The Balaban J connectivity index is 2.26. The van der Waals surface area contributed by atoms with Crippen LogP contribution in [0.4, 0.5) is 15.8 Å². The van der Waals surface area contributed by atoms with E-state index in [1.165, 1.54) is 18.2 Å². The van der Waals surface area contributed by atoms with E-state index in [9.17, 15) is 9.18 Å². The monoisotopic (exact) mass is 292 g/mol. The van der Waals surface area contributed by atoms with Crippen LogP contribution in [0.2, 0.25) is 5.02 Å². The standard InChI is InChI=1S/C15H14ClFN2O/c1-9-8-10(6-7-13(9)18-2)15(20)19-14-11(16)4-3-5-12(14)17/h3-8,18H,1-2H3,(H,19,20). The van der Waals surface area contributed by atoms with Crippen molar-refractivity contribution in [3.8, 4) is 0 Å². The molecule has 0 fully saturated rings. The molecule has 2 N–H and O–H groups in total. The Hall–Kier alpha value is -2.07. The lowest BCUT2D eigenvalue weighted by Crippen LogP contribution is -2.13. The van der Waals surface area contributed by atoms with Gasteiger partial charge in [0.15, 0.2) is 0 Å². The summed E-state index contributed by atoms with van der Waals surface area (Å²) in [5.74, 6) is -0.961. The van der Waals surface area contributed by atoms with E-state index in [1.807, 2.05) is 6.92 Å². The predicted octanol–water partition coefficient (Wildman–Crippen LogP) is 4.08. The van der Waals surface area contributed by atoms with Gasteiger partial charge < -0.3 is 10.6 Å². The maximum atomic E-state index is 13.6. The third kappa shape index (κ3) is 2.91. The van der Waals surface area contributed by atoms with Crippen LogP contribution < -0.4 is 10.6 Å². The van der Waals surface area contributed by atoms with Crippen molar-refractivity contribution >= 4 is 28.9 Å².